The molecule has 0 saturated carbocycles. The molecule has 0 spiro atoms. The second kappa shape index (κ2) is 6.31. The van der Waals surface area contributed by atoms with Gasteiger partial charge in [-0.3, -0.25) is 0 Å². The van der Waals surface area contributed by atoms with Gasteiger partial charge in [-0.15, -0.1) is 0 Å². The van der Waals surface area contributed by atoms with E-state index in [1.807, 2.05) is 0 Å². The number of benzene rings is 1. The standard InChI is InChI=1S/C13H16F2N2O3/c1-3-13(4-2,11(18)19)17-12(20)16-10-6-8(14)5-9(15)7-10/h5-7H,3-4H2,1-2H3,(H,18,19)(H2,16,17,20). The molecule has 1 aromatic carbocycles. The summed E-state index contributed by atoms with van der Waals surface area (Å²) in [5, 5.41) is 13.7. The SMILES string of the molecule is CCC(CC)(NC(=O)Nc1cc(F)cc(F)c1)C(=O)O. The summed E-state index contributed by atoms with van der Waals surface area (Å²) in [4.78, 5) is 23.0. The lowest BCUT2D eigenvalue weighted by molar-refractivity contribution is -0.144. The number of aliphatic carboxylic acids is 1. The highest BCUT2D eigenvalue weighted by Gasteiger charge is 2.36. The van der Waals surface area contributed by atoms with Crippen LogP contribution < -0.4 is 10.6 Å². The zero-order valence-electron chi connectivity index (χ0n) is 11.2. The number of rotatable bonds is 5. The smallest absolute Gasteiger partial charge is 0.329 e. The minimum absolute atomic E-state index is 0.0912. The number of amides is 2. The van der Waals surface area contributed by atoms with Crippen molar-refractivity contribution in [1.82, 2.24) is 5.32 Å². The van der Waals surface area contributed by atoms with Crippen molar-refractivity contribution in [2.24, 2.45) is 0 Å². The van der Waals surface area contributed by atoms with E-state index in [0.29, 0.717) is 6.07 Å². The Morgan fingerprint density at radius 2 is 1.65 bits per heavy atom. The van der Waals surface area contributed by atoms with E-state index in [1.54, 1.807) is 13.8 Å². The molecule has 0 aromatic heterocycles. The average Bonchev–Trinajstić information content (AvgIpc) is 2.34. The number of urea groups is 1. The number of anilines is 1. The minimum Gasteiger partial charge on any atom is -0.480 e. The number of nitrogens with one attached hydrogen (secondary N) is 2. The molecule has 2 amide bonds. The van der Waals surface area contributed by atoms with Gasteiger partial charge in [-0.2, -0.15) is 0 Å². The lowest BCUT2D eigenvalue weighted by Gasteiger charge is -2.28. The van der Waals surface area contributed by atoms with E-state index in [4.69, 9.17) is 5.11 Å². The van der Waals surface area contributed by atoms with Crippen molar-refractivity contribution in [3.63, 3.8) is 0 Å². The predicted molar refractivity (Wildman–Crippen MR) is 69.5 cm³/mol. The average molecular weight is 286 g/mol. The summed E-state index contributed by atoms with van der Waals surface area (Å²) in [7, 11) is 0. The summed E-state index contributed by atoms with van der Waals surface area (Å²) < 4.78 is 25.9. The van der Waals surface area contributed by atoms with Gasteiger partial charge in [0.05, 0.1) is 0 Å². The van der Waals surface area contributed by atoms with Gasteiger partial charge in [0.1, 0.15) is 17.2 Å². The maximum absolute atomic E-state index is 13.0. The monoisotopic (exact) mass is 286 g/mol. The summed E-state index contributed by atoms with van der Waals surface area (Å²) >= 11 is 0. The highest BCUT2D eigenvalue weighted by atomic mass is 19.1. The zero-order chi connectivity index (χ0) is 15.3. The summed E-state index contributed by atoms with van der Waals surface area (Å²) in [6.07, 6.45) is 0.369. The quantitative estimate of drug-likeness (QED) is 0.778. The molecule has 0 atom stereocenters. The van der Waals surface area contributed by atoms with Crippen LogP contribution in [0.25, 0.3) is 0 Å². The normalized spacial score (nSPS) is 11.0. The Morgan fingerprint density at radius 1 is 1.15 bits per heavy atom. The van der Waals surface area contributed by atoms with Crippen LogP contribution >= 0.6 is 0 Å². The molecule has 0 aliphatic carbocycles. The largest absolute Gasteiger partial charge is 0.480 e. The van der Waals surface area contributed by atoms with Gasteiger partial charge >= 0.3 is 12.0 Å². The van der Waals surface area contributed by atoms with Crippen molar-refractivity contribution in [2.45, 2.75) is 32.2 Å². The van der Waals surface area contributed by atoms with Gasteiger partial charge in [0, 0.05) is 11.8 Å². The molecule has 1 aromatic rings. The van der Waals surface area contributed by atoms with Gasteiger partial charge in [0.2, 0.25) is 0 Å². The molecular weight excluding hydrogens is 270 g/mol. The zero-order valence-corrected chi connectivity index (χ0v) is 11.2. The third-order valence-corrected chi connectivity index (χ3v) is 3.09. The third kappa shape index (κ3) is 3.66. The molecule has 110 valence electrons. The van der Waals surface area contributed by atoms with E-state index in [1.165, 1.54) is 0 Å². The summed E-state index contributed by atoms with van der Waals surface area (Å²) in [5.74, 6) is -2.84. The second-order valence-corrected chi connectivity index (χ2v) is 4.33. The molecule has 0 unspecified atom stereocenters. The van der Waals surface area contributed by atoms with Crippen LogP contribution in [0.1, 0.15) is 26.7 Å². The first-order chi connectivity index (χ1) is 9.32. The fourth-order valence-electron chi connectivity index (χ4n) is 1.79. The maximum Gasteiger partial charge on any atom is 0.329 e. The predicted octanol–water partition coefficient (Wildman–Crippen LogP) is 2.73. The molecule has 0 bridgehead atoms. The first-order valence-corrected chi connectivity index (χ1v) is 6.11. The van der Waals surface area contributed by atoms with Crippen molar-refractivity contribution in [3.05, 3.63) is 29.8 Å². The van der Waals surface area contributed by atoms with Crippen LogP contribution in [-0.4, -0.2) is 22.6 Å². The van der Waals surface area contributed by atoms with Gasteiger partial charge in [-0.25, -0.2) is 18.4 Å². The fraction of sp³-hybridized carbons (Fsp3) is 0.385. The van der Waals surface area contributed by atoms with Crippen molar-refractivity contribution < 1.29 is 23.5 Å². The first-order valence-electron chi connectivity index (χ1n) is 6.11. The highest BCUT2D eigenvalue weighted by molar-refractivity contribution is 5.93. The van der Waals surface area contributed by atoms with Gasteiger partial charge in [0.25, 0.3) is 0 Å². The van der Waals surface area contributed by atoms with E-state index in [9.17, 15) is 18.4 Å². The molecule has 20 heavy (non-hydrogen) atoms. The topological polar surface area (TPSA) is 78.4 Å². The van der Waals surface area contributed by atoms with Crippen LogP contribution in [0.4, 0.5) is 19.3 Å². The molecule has 7 heteroatoms. The number of hydrogen-bond donors (Lipinski definition) is 3. The lowest BCUT2D eigenvalue weighted by Crippen LogP contribution is -2.54. The summed E-state index contributed by atoms with van der Waals surface area (Å²) in [6, 6.07) is 1.70. The Morgan fingerprint density at radius 3 is 2.05 bits per heavy atom. The van der Waals surface area contributed by atoms with Crippen LogP contribution in [-0.2, 0) is 4.79 Å². The molecule has 5 nitrogen and oxygen atoms in total. The number of carbonyl (C=O) groups is 2. The molecule has 0 aliphatic rings. The molecule has 0 fully saturated rings. The molecule has 1 rings (SSSR count). The summed E-state index contributed by atoms with van der Waals surface area (Å²) in [5.41, 5.74) is -1.50. The molecular formula is C13H16F2N2O3. The number of halogens is 2. The lowest BCUT2D eigenvalue weighted by atomic mass is 9.93. The van der Waals surface area contributed by atoms with Crippen LogP contribution in [0, 0.1) is 11.6 Å². The van der Waals surface area contributed by atoms with Crippen molar-refractivity contribution in [3.8, 4) is 0 Å². The third-order valence-electron chi connectivity index (χ3n) is 3.09. The van der Waals surface area contributed by atoms with E-state index >= 15 is 0 Å². The Balaban J connectivity index is 2.83. The van der Waals surface area contributed by atoms with Gasteiger partial charge < -0.3 is 15.7 Å². The number of hydrogen-bond acceptors (Lipinski definition) is 2. The molecule has 0 saturated heterocycles. The summed E-state index contributed by atoms with van der Waals surface area (Å²) in [6.45, 7) is 3.25. The number of carboxylic acid groups (broad SMARTS) is 1. The van der Waals surface area contributed by atoms with Gasteiger partial charge in [-0.05, 0) is 25.0 Å². The van der Waals surface area contributed by atoms with Crippen LogP contribution in [0.3, 0.4) is 0 Å². The van der Waals surface area contributed by atoms with Gasteiger partial charge in [-0.1, -0.05) is 13.8 Å². The first kappa shape index (κ1) is 15.9. The van der Waals surface area contributed by atoms with Crippen LogP contribution in [0.15, 0.2) is 18.2 Å². The molecule has 3 N–H and O–H groups in total. The van der Waals surface area contributed by atoms with Crippen LogP contribution in [0.5, 0.6) is 0 Å². The molecule has 0 aliphatic heterocycles. The number of carboxylic acids is 1. The van der Waals surface area contributed by atoms with Crippen molar-refractivity contribution >= 4 is 17.7 Å². The number of carbonyl (C=O) groups excluding carboxylic acids is 1. The maximum atomic E-state index is 13.0. The van der Waals surface area contributed by atoms with E-state index in [0.717, 1.165) is 12.1 Å². The Labute approximate surface area is 115 Å². The van der Waals surface area contributed by atoms with Crippen molar-refractivity contribution in [1.29, 1.82) is 0 Å². The fourth-order valence-corrected chi connectivity index (χ4v) is 1.79. The molecule has 0 heterocycles. The van der Waals surface area contributed by atoms with Crippen molar-refractivity contribution in [2.75, 3.05) is 5.32 Å². The van der Waals surface area contributed by atoms with E-state index in [2.05, 4.69) is 10.6 Å². The Bertz CT molecular complexity index is 496. The van der Waals surface area contributed by atoms with Crippen LogP contribution in [0.2, 0.25) is 0 Å². The Hall–Kier alpha value is -2.18. The van der Waals surface area contributed by atoms with Gasteiger partial charge in [0.15, 0.2) is 0 Å². The highest BCUT2D eigenvalue weighted by Crippen LogP contribution is 2.17. The Kier molecular flexibility index (Phi) is 5.01. The van der Waals surface area contributed by atoms with E-state index in [-0.39, 0.29) is 18.5 Å². The second-order valence-electron chi connectivity index (χ2n) is 4.33. The minimum atomic E-state index is -1.41. The molecule has 0 radical (unpaired) electrons. The van der Waals surface area contributed by atoms with E-state index < -0.39 is 29.2 Å².